The monoisotopic (exact) mass is 371 g/mol. The third kappa shape index (κ3) is 3.35. The molecule has 2 amide bonds. The Kier molecular flexibility index (Phi) is 4.72. The zero-order valence-corrected chi connectivity index (χ0v) is 14.2. The van der Waals surface area contributed by atoms with Crippen molar-refractivity contribution in [1.82, 2.24) is 15.1 Å². The van der Waals surface area contributed by atoms with Crippen LogP contribution in [0.15, 0.2) is 22.7 Å². The lowest BCUT2D eigenvalue weighted by atomic mass is 10.1. The van der Waals surface area contributed by atoms with Gasteiger partial charge in [0.2, 0.25) is 0 Å². The molecule has 2 aliphatic heterocycles. The van der Waals surface area contributed by atoms with Crippen LogP contribution in [0.25, 0.3) is 0 Å². The first kappa shape index (κ1) is 15.1. The SMILES string of the molecule is O=C1N(Cc2ccc(Br)cc2Cl)CCN1C1CCNCC1. The normalized spacial score (nSPS) is 20.4. The van der Waals surface area contributed by atoms with E-state index in [9.17, 15) is 4.79 Å². The Morgan fingerprint density at radius 1 is 1.29 bits per heavy atom. The third-order valence-electron chi connectivity index (χ3n) is 4.25. The van der Waals surface area contributed by atoms with E-state index in [4.69, 9.17) is 11.6 Å². The van der Waals surface area contributed by atoms with Gasteiger partial charge in [0, 0.05) is 35.2 Å². The smallest absolute Gasteiger partial charge is 0.320 e. The molecular weight excluding hydrogens is 354 g/mol. The molecule has 0 spiro atoms. The van der Waals surface area contributed by atoms with Crippen molar-refractivity contribution in [2.75, 3.05) is 26.2 Å². The van der Waals surface area contributed by atoms with E-state index in [1.165, 1.54) is 0 Å². The van der Waals surface area contributed by atoms with Crippen LogP contribution in [0.1, 0.15) is 18.4 Å². The second-order valence-corrected chi connectivity index (χ2v) is 6.94. The Labute approximate surface area is 138 Å². The van der Waals surface area contributed by atoms with Gasteiger partial charge in [-0.15, -0.1) is 0 Å². The van der Waals surface area contributed by atoms with Crippen LogP contribution in [-0.2, 0) is 6.54 Å². The number of carbonyl (C=O) groups is 1. The predicted octanol–water partition coefficient (Wildman–Crippen LogP) is 3.09. The van der Waals surface area contributed by atoms with E-state index >= 15 is 0 Å². The fourth-order valence-corrected chi connectivity index (χ4v) is 3.79. The van der Waals surface area contributed by atoms with Gasteiger partial charge in [0.25, 0.3) is 0 Å². The minimum atomic E-state index is 0.154. The van der Waals surface area contributed by atoms with Crippen molar-refractivity contribution in [2.45, 2.75) is 25.4 Å². The lowest BCUT2D eigenvalue weighted by Crippen LogP contribution is -2.45. The highest BCUT2D eigenvalue weighted by Gasteiger charge is 2.34. The van der Waals surface area contributed by atoms with Crippen molar-refractivity contribution >= 4 is 33.6 Å². The van der Waals surface area contributed by atoms with Gasteiger partial charge >= 0.3 is 6.03 Å². The lowest BCUT2D eigenvalue weighted by Gasteiger charge is -2.31. The summed E-state index contributed by atoms with van der Waals surface area (Å²) in [6.45, 7) is 4.22. The van der Waals surface area contributed by atoms with Crippen LogP contribution < -0.4 is 5.32 Å². The van der Waals surface area contributed by atoms with Gasteiger partial charge in [-0.2, -0.15) is 0 Å². The van der Waals surface area contributed by atoms with Crippen LogP contribution in [-0.4, -0.2) is 48.1 Å². The van der Waals surface area contributed by atoms with E-state index in [-0.39, 0.29) is 6.03 Å². The van der Waals surface area contributed by atoms with Gasteiger partial charge in [-0.25, -0.2) is 4.79 Å². The van der Waals surface area contributed by atoms with E-state index in [1.54, 1.807) is 0 Å². The maximum Gasteiger partial charge on any atom is 0.320 e. The number of nitrogens with zero attached hydrogens (tertiary/aromatic N) is 2. The second kappa shape index (κ2) is 6.55. The number of amides is 2. The molecule has 2 fully saturated rings. The number of nitrogens with one attached hydrogen (secondary N) is 1. The molecule has 0 aliphatic carbocycles. The molecule has 0 unspecified atom stereocenters. The molecule has 2 heterocycles. The zero-order valence-electron chi connectivity index (χ0n) is 11.8. The van der Waals surface area contributed by atoms with Gasteiger partial charge in [-0.1, -0.05) is 33.6 Å². The predicted molar refractivity (Wildman–Crippen MR) is 87.6 cm³/mol. The lowest BCUT2D eigenvalue weighted by molar-refractivity contribution is 0.165. The van der Waals surface area contributed by atoms with Crippen LogP contribution in [0.4, 0.5) is 4.79 Å². The van der Waals surface area contributed by atoms with Crippen LogP contribution in [0.2, 0.25) is 5.02 Å². The topological polar surface area (TPSA) is 35.6 Å². The van der Waals surface area contributed by atoms with Crippen molar-refractivity contribution in [2.24, 2.45) is 0 Å². The summed E-state index contributed by atoms with van der Waals surface area (Å²) >= 11 is 9.65. The molecule has 0 saturated carbocycles. The van der Waals surface area contributed by atoms with Crippen molar-refractivity contribution < 1.29 is 4.79 Å². The molecule has 1 aromatic rings. The summed E-state index contributed by atoms with van der Waals surface area (Å²) < 4.78 is 0.959. The summed E-state index contributed by atoms with van der Waals surface area (Å²) in [5.41, 5.74) is 1.00. The number of carbonyl (C=O) groups excluding carboxylic acids is 1. The fraction of sp³-hybridized carbons (Fsp3) is 0.533. The average Bonchev–Trinajstić information content (AvgIpc) is 2.84. The number of hydrogen-bond donors (Lipinski definition) is 1. The minimum Gasteiger partial charge on any atom is -0.320 e. The first-order chi connectivity index (χ1) is 10.1. The first-order valence-corrected chi connectivity index (χ1v) is 8.52. The molecule has 0 aromatic heterocycles. The van der Waals surface area contributed by atoms with Crippen LogP contribution in [0, 0.1) is 0 Å². The molecule has 2 aliphatic rings. The highest BCUT2D eigenvalue weighted by Crippen LogP contribution is 2.25. The molecule has 21 heavy (non-hydrogen) atoms. The molecule has 3 rings (SSSR count). The Balaban J connectivity index is 1.66. The standard InChI is InChI=1S/C15H19BrClN3O/c16-12-2-1-11(14(17)9-12)10-19-7-8-20(15(19)21)13-3-5-18-6-4-13/h1-2,9,13,18H,3-8,10H2. The Morgan fingerprint density at radius 3 is 2.76 bits per heavy atom. The van der Waals surface area contributed by atoms with Crippen LogP contribution in [0.3, 0.4) is 0 Å². The summed E-state index contributed by atoms with van der Waals surface area (Å²) in [7, 11) is 0. The maximum absolute atomic E-state index is 12.6. The highest BCUT2D eigenvalue weighted by atomic mass is 79.9. The van der Waals surface area contributed by atoms with Gasteiger partial charge in [0.15, 0.2) is 0 Å². The summed E-state index contributed by atoms with van der Waals surface area (Å²) in [5, 5.41) is 4.05. The van der Waals surface area contributed by atoms with Crippen molar-refractivity contribution in [3.8, 4) is 0 Å². The summed E-state index contributed by atoms with van der Waals surface area (Å²) in [4.78, 5) is 16.5. The van der Waals surface area contributed by atoms with Gasteiger partial charge in [0.1, 0.15) is 0 Å². The molecule has 0 radical (unpaired) electrons. The zero-order chi connectivity index (χ0) is 14.8. The molecule has 0 bridgehead atoms. The van der Waals surface area contributed by atoms with Gasteiger partial charge in [-0.05, 0) is 43.6 Å². The molecule has 2 saturated heterocycles. The quantitative estimate of drug-likeness (QED) is 0.885. The molecule has 6 heteroatoms. The number of benzene rings is 1. The molecule has 1 N–H and O–H groups in total. The van der Waals surface area contributed by atoms with Crippen LogP contribution in [0.5, 0.6) is 0 Å². The molecule has 4 nitrogen and oxygen atoms in total. The average molecular weight is 373 g/mol. The van der Waals surface area contributed by atoms with Crippen LogP contribution >= 0.6 is 27.5 Å². The molecule has 114 valence electrons. The first-order valence-electron chi connectivity index (χ1n) is 7.35. The highest BCUT2D eigenvalue weighted by molar-refractivity contribution is 9.10. The minimum absolute atomic E-state index is 0.154. The van der Waals surface area contributed by atoms with E-state index in [0.29, 0.717) is 17.6 Å². The summed E-state index contributed by atoms with van der Waals surface area (Å²) in [6, 6.07) is 6.37. The van der Waals surface area contributed by atoms with E-state index in [1.807, 2.05) is 28.0 Å². The molecule has 0 atom stereocenters. The van der Waals surface area contributed by atoms with E-state index in [2.05, 4.69) is 21.2 Å². The van der Waals surface area contributed by atoms with Crippen molar-refractivity contribution in [3.05, 3.63) is 33.3 Å². The number of piperidine rings is 1. The Bertz CT molecular complexity index is 534. The van der Waals surface area contributed by atoms with Gasteiger partial charge in [0.05, 0.1) is 0 Å². The van der Waals surface area contributed by atoms with Crippen molar-refractivity contribution in [1.29, 1.82) is 0 Å². The largest absolute Gasteiger partial charge is 0.320 e. The van der Waals surface area contributed by atoms with Crippen molar-refractivity contribution in [3.63, 3.8) is 0 Å². The van der Waals surface area contributed by atoms with E-state index < -0.39 is 0 Å². The third-order valence-corrected chi connectivity index (χ3v) is 5.10. The molecular formula is C15H19BrClN3O. The second-order valence-electron chi connectivity index (χ2n) is 5.61. The van der Waals surface area contributed by atoms with Gasteiger partial charge < -0.3 is 15.1 Å². The maximum atomic E-state index is 12.6. The summed E-state index contributed by atoms with van der Waals surface area (Å²) in [5.74, 6) is 0. The Hall–Kier alpha value is -0.780. The molecule has 1 aromatic carbocycles. The fourth-order valence-electron chi connectivity index (χ4n) is 3.06. The Morgan fingerprint density at radius 2 is 2.05 bits per heavy atom. The number of hydrogen-bond acceptors (Lipinski definition) is 2. The van der Waals surface area contributed by atoms with E-state index in [0.717, 1.165) is 49.1 Å². The number of urea groups is 1. The summed E-state index contributed by atoms with van der Waals surface area (Å²) in [6.07, 6.45) is 2.11. The van der Waals surface area contributed by atoms with Gasteiger partial charge in [-0.3, -0.25) is 0 Å². The number of rotatable bonds is 3. The number of halogens is 2.